The number of allylic oxidation sites excluding steroid dienone is 1. The number of anilines is 1. The highest BCUT2D eigenvalue weighted by Crippen LogP contribution is 2.40. The van der Waals surface area contributed by atoms with Crippen LogP contribution in [0.4, 0.5) is 14.5 Å². The van der Waals surface area contributed by atoms with E-state index in [1.165, 1.54) is 30.3 Å². The third kappa shape index (κ3) is 5.14. The average Bonchev–Trinajstić information content (AvgIpc) is 2.62. The Balaban J connectivity index is 1.92. The van der Waals surface area contributed by atoms with Gasteiger partial charge in [0.1, 0.15) is 10.6 Å². The maximum atomic E-state index is 12.7. The van der Waals surface area contributed by atoms with E-state index in [9.17, 15) is 22.0 Å². The first-order valence-corrected chi connectivity index (χ1v) is 11.0. The van der Waals surface area contributed by atoms with Gasteiger partial charge in [-0.1, -0.05) is 12.1 Å². The summed E-state index contributed by atoms with van der Waals surface area (Å²) in [5, 5.41) is 7.70. The van der Waals surface area contributed by atoms with Crippen LogP contribution in [0.3, 0.4) is 0 Å². The van der Waals surface area contributed by atoms with Crippen molar-refractivity contribution in [2.24, 2.45) is 5.14 Å². The van der Waals surface area contributed by atoms with Crippen LogP contribution < -0.4 is 15.2 Å². The van der Waals surface area contributed by atoms with Crippen molar-refractivity contribution in [2.75, 3.05) is 11.1 Å². The molecule has 0 aliphatic carbocycles. The predicted molar refractivity (Wildman–Crippen MR) is 108 cm³/mol. The summed E-state index contributed by atoms with van der Waals surface area (Å²) < 4.78 is 53.2. The summed E-state index contributed by atoms with van der Waals surface area (Å²) in [7, 11) is -4.01. The van der Waals surface area contributed by atoms with Crippen molar-refractivity contribution in [3.05, 3.63) is 53.6 Å². The van der Waals surface area contributed by atoms with Crippen LogP contribution in [-0.4, -0.2) is 26.7 Å². The number of carbonyl (C=O) groups is 1. The Labute approximate surface area is 171 Å². The SMILES string of the molecule is Cc1cc2c(cc1OC(F)F)/C(=C/C(=O)Nc1ccccc1S(N)(=O)=O)CCS2. The lowest BCUT2D eigenvalue weighted by Gasteiger charge is -2.21. The van der Waals surface area contributed by atoms with Gasteiger partial charge in [-0.05, 0) is 54.3 Å². The van der Waals surface area contributed by atoms with Crippen LogP contribution in [0, 0.1) is 6.92 Å². The van der Waals surface area contributed by atoms with Crippen molar-refractivity contribution < 1.29 is 26.7 Å². The molecule has 0 saturated heterocycles. The molecule has 3 rings (SSSR count). The number of hydrogen-bond acceptors (Lipinski definition) is 5. The number of benzene rings is 2. The largest absolute Gasteiger partial charge is 0.435 e. The topological polar surface area (TPSA) is 98.5 Å². The fraction of sp³-hybridized carbons (Fsp3) is 0.211. The number of amides is 1. The third-order valence-corrected chi connectivity index (χ3v) is 6.25. The van der Waals surface area contributed by atoms with Gasteiger partial charge in [0, 0.05) is 16.7 Å². The molecule has 3 N–H and O–H groups in total. The molecule has 1 aliphatic rings. The average molecular weight is 440 g/mol. The Morgan fingerprint density at radius 3 is 2.72 bits per heavy atom. The number of primary sulfonamides is 1. The summed E-state index contributed by atoms with van der Waals surface area (Å²) in [6.07, 6.45) is 1.87. The lowest BCUT2D eigenvalue weighted by molar-refractivity contribution is -0.111. The van der Waals surface area contributed by atoms with Crippen molar-refractivity contribution in [2.45, 2.75) is 29.7 Å². The molecule has 0 saturated carbocycles. The summed E-state index contributed by atoms with van der Waals surface area (Å²) >= 11 is 1.56. The minimum Gasteiger partial charge on any atom is -0.435 e. The van der Waals surface area contributed by atoms with Gasteiger partial charge in [-0.25, -0.2) is 13.6 Å². The van der Waals surface area contributed by atoms with Crippen molar-refractivity contribution in [1.29, 1.82) is 0 Å². The molecule has 0 aromatic heterocycles. The van der Waals surface area contributed by atoms with Crippen LogP contribution in [-0.2, 0) is 14.8 Å². The van der Waals surface area contributed by atoms with E-state index in [1.807, 2.05) is 0 Å². The number of para-hydroxylation sites is 1. The number of alkyl halides is 2. The summed E-state index contributed by atoms with van der Waals surface area (Å²) in [4.78, 5) is 13.2. The Kier molecular flexibility index (Phi) is 6.25. The molecular weight excluding hydrogens is 422 g/mol. The molecule has 10 heteroatoms. The smallest absolute Gasteiger partial charge is 0.387 e. The number of ether oxygens (including phenoxy) is 1. The van der Waals surface area contributed by atoms with Gasteiger partial charge in [-0.2, -0.15) is 8.78 Å². The van der Waals surface area contributed by atoms with Gasteiger partial charge in [0.25, 0.3) is 0 Å². The van der Waals surface area contributed by atoms with Crippen LogP contribution in [0.15, 0.2) is 52.3 Å². The van der Waals surface area contributed by atoms with E-state index in [-0.39, 0.29) is 16.3 Å². The molecule has 154 valence electrons. The van der Waals surface area contributed by atoms with Gasteiger partial charge in [-0.15, -0.1) is 11.8 Å². The lowest BCUT2D eigenvalue weighted by Crippen LogP contribution is -2.17. The number of sulfonamides is 1. The zero-order chi connectivity index (χ0) is 21.2. The van der Waals surface area contributed by atoms with E-state index in [4.69, 9.17) is 5.14 Å². The Morgan fingerprint density at radius 1 is 1.31 bits per heavy atom. The molecule has 1 heterocycles. The summed E-state index contributed by atoms with van der Waals surface area (Å²) in [6, 6.07) is 9.04. The van der Waals surface area contributed by atoms with Gasteiger partial charge in [0.15, 0.2) is 0 Å². The number of nitrogens with one attached hydrogen (secondary N) is 1. The van der Waals surface area contributed by atoms with Gasteiger partial charge in [-0.3, -0.25) is 4.79 Å². The Morgan fingerprint density at radius 2 is 2.03 bits per heavy atom. The Hall–Kier alpha value is -2.43. The molecule has 0 spiro atoms. The highest BCUT2D eigenvalue weighted by atomic mass is 32.2. The monoisotopic (exact) mass is 440 g/mol. The van der Waals surface area contributed by atoms with Gasteiger partial charge in [0.05, 0.1) is 5.69 Å². The van der Waals surface area contributed by atoms with Gasteiger partial charge >= 0.3 is 6.61 Å². The van der Waals surface area contributed by atoms with E-state index in [0.29, 0.717) is 28.9 Å². The molecule has 0 radical (unpaired) electrons. The van der Waals surface area contributed by atoms with Crippen molar-refractivity contribution in [1.82, 2.24) is 0 Å². The highest BCUT2D eigenvalue weighted by Gasteiger charge is 2.20. The van der Waals surface area contributed by atoms with Crippen LogP contribution in [0.5, 0.6) is 5.75 Å². The molecule has 29 heavy (non-hydrogen) atoms. The number of thioether (sulfide) groups is 1. The number of rotatable bonds is 5. The molecule has 1 amide bonds. The van der Waals surface area contributed by atoms with E-state index in [1.54, 1.807) is 30.8 Å². The van der Waals surface area contributed by atoms with Crippen molar-refractivity contribution >= 4 is 39.0 Å². The maximum absolute atomic E-state index is 12.7. The van der Waals surface area contributed by atoms with E-state index >= 15 is 0 Å². The molecule has 0 bridgehead atoms. The maximum Gasteiger partial charge on any atom is 0.387 e. The van der Waals surface area contributed by atoms with E-state index in [2.05, 4.69) is 10.1 Å². The predicted octanol–water partition coefficient (Wildman–Crippen LogP) is 3.76. The minimum absolute atomic E-state index is 0.0483. The molecule has 0 unspecified atom stereocenters. The number of fused-ring (bicyclic) bond motifs is 1. The number of carbonyl (C=O) groups excluding carboxylic acids is 1. The number of aryl methyl sites for hydroxylation is 1. The van der Waals surface area contributed by atoms with Gasteiger partial charge < -0.3 is 10.1 Å². The van der Waals surface area contributed by atoms with Crippen LogP contribution in [0.2, 0.25) is 0 Å². The third-order valence-electron chi connectivity index (χ3n) is 4.22. The van der Waals surface area contributed by atoms with E-state index in [0.717, 1.165) is 4.90 Å². The van der Waals surface area contributed by atoms with Crippen LogP contribution >= 0.6 is 11.8 Å². The summed E-state index contributed by atoms with van der Waals surface area (Å²) in [6.45, 7) is -1.28. The highest BCUT2D eigenvalue weighted by molar-refractivity contribution is 7.99. The van der Waals surface area contributed by atoms with Crippen molar-refractivity contribution in [3.63, 3.8) is 0 Å². The van der Waals surface area contributed by atoms with Crippen molar-refractivity contribution in [3.8, 4) is 5.75 Å². The van der Waals surface area contributed by atoms with E-state index < -0.39 is 22.5 Å². The molecule has 0 atom stereocenters. The molecule has 0 fully saturated rings. The second-order valence-electron chi connectivity index (χ2n) is 6.29. The molecule has 2 aromatic carbocycles. The minimum atomic E-state index is -4.01. The summed E-state index contributed by atoms with van der Waals surface area (Å²) in [5.74, 6) is 0.215. The fourth-order valence-corrected chi connectivity index (χ4v) is 4.80. The fourth-order valence-electron chi connectivity index (χ4n) is 2.96. The zero-order valence-electron chi connectivity index (χ0n) is 15.3. The second-order valence-corrected chi connectivity index (χ2v) is 8.96. The molecular formula is C19H18F2N2O4S2. The molecule has 1 aliphatic heterocycles. The first kappa shape index (κ1) is 21.3. The first-order chi connectivity index (χ1) is 13.6. The van der Waals surface area contributed by atoms with Crippen LogP contribution in [0.1, 0.15) is 17.5 Å². The standard InChI is InChI=1S/C19H18F2N2O4S2/c1-11-8-16-13(10-15(11)27-19(20)21)12(6-7-28-16)9-18(24)23-14-4-2-3-5-17(14)29(22,25)26/h2-5,8-10,19H,6-7H2,1H3,(H,23,24)(H2,22,25,26)/b12-9+. The van der Waals surface area contributed by atoms with Crippen LogP contribution in [0.25, 0.3) is 5.57 Å². The number of hydrogen-bond donors (Lipinski definition) is 2. The number of nitrogens with two attached hydrogens (primary N) is 1. The summed E-state index contributed by atoms with van der Waals surface area (Å²) in [5.41, 5.74) is 1.91. The zero-order valence-corrected chi connectivity index (χ0v) is 16.9. The first-order valence-electron chi connectivity index (χ1n) is 8.51. The number of halogens is 2. The lowest BCUT2D eigenvalue weighted by atomic mass is 10.00. The Bertz CT molecular complexity index is 1090. The van der Waals surface area contributed by atoms with Gasteiger partial charge in [0.2, 0.25) is 15.9 Å². The second kappa shape index (κ2) is 8.52. The quantitative estimate of drug-likeness (QED) is 0.690. The molecule has 6 nitrogen and oxygen atoms in total. The normalized spacial score (nSPS) is 15.3. The molecule has 2 aromatic rings.